The normalized spacial score (nSPS) is 13.1. The van der Waals surface area contributed by atoms with Gasteiger partial charge in [-0.15, -0.1) is 0 Å². The average molecular weight is 435 g/mol. The van der Waals surface area contributed by atoms with Gasteiger partial charge in [-0.25, -0.2) is 0 Å². The maximum atomic E-state index is 2.28. The third-order valence-corrected chi connectivity index (χ3v) is 5.04. The molecular formula is C32H50. The van der Waals surface area contributed by atoms with Crippen molar-refractivity contribution in [3.63, 3.8) is 0 Å². The van der Waals surface area contributed by atoms with Crippen molar-refractivity contribution in [1.29, 1.82) is 0 Å². The highest BCUT2D eigenvalue weighted by Gasteiger charge is 2.15. The van der Waals surface area contributed by atoms with Crippen LogP contribution in [0.5, 0.6) is 0 Å². The Hall–Kier alpha value is -1.82. The van der Waals surface area contributed by atoms with Crippen molar-refractivity contribution in [2.75, 3.05) is 0 Å². The van der Waals surface area contributed by atoms with Crippen LogP contribution < -0.4 is 0 Å². The van der Waals surface area contributed by atoms with E-state index in [1.54, 1.807) is 0 Å². The van der Waals surface area contributed by atoms with Crippen molar-refractivity contribution in [2.24, 2.45) is 16.2 Å². The lowest BCUT2D eigenvalue weighted by Gasteiger charge is -2.21. The van der Waals surface area contributed by atoms with E-state index in [0.29, 0.717) is 10.8 Å². The van der Waals surface area contributed by atoms with Crippen LogP contribution in [-0.2, 0) is 18.3 Å². The summed E-state index contributed by atoms with van der Waals surface area (Å²) in [6.45, 7) is 27.1. The Morgan fingerprint density at radius 2 is 0.906 bits per heavy atom. The van der Waals surface area contributed by atoms with E-state index >= 15 is 0 Å². The van der Waals surface area contributed by atoms with Gasteiger partial charge >= 0.3 is 0 Å². The second kappa shape index (κ2) is 10.9. The standard InChI is InChI=1S/C17H26.C15H24/c1-16(2,3)12-11-14-7-9-15(10-8-14)13-17(4,5)6;1-14(2,3)11-12-7-9-13(10-8-12)15(4,5)6/h7-12H,13H2,1-6H3;7-10H,11H2,1-6H3/b12-11+;. The minimum atomic E-state index is 0.254. The molecular weight excluding hydrogens is 384 g/mol. The van der Waals surface area contributed by atoms with Gasteiger partial charge in [0.25, 0.3) is 0 Å². The van der Waals surface area contributed by atoms with Crippen LogP contribution in [0.1, 0.15) is 105 Å². The van der Waals surface area contributed by atoms with Gasteiger partial charge in [0.05, 0.1) is 0 Å². The largest absolute Gasteiger partial charge is 0.0785 e. The average Bonchev–Trinajstić information content (AvgIpc) is 2.58. The Morgan fingerprint density at radius 3 is 1.22 bits per heavy atom. The van der Waals surface area contributed by atoms with Gasteiger partial charge in [0, 0.05) is 0 Å². The molecule has 32 heavy (non-hydrogen) atoms. The van der Waals surface area contributed by atoms with Crippen molar-refractivity contribution in [1.82, 2.24) is 0 Å². The molecule has 0 atom stereocenters. The number of rotatable bonds is 3. The van der Waals surface area contributed by atoms with Crippen LogP contribution in [0.2, 0.25) is 0 Å². The van der Waals surface area contributed by atoms with E-state index < -0.39 is 0 Å². The zero-order valence-corrected chi connectivity index (χ0v) is 23.2. The fourth-order valence-corrected chi connectivity index (χ4v) is 3.44. The molecule has 0 fully saturated rings. The number of hydrogen-bond acceptors (Lipinski definition) is 0. The SMILES string of the molecule is CC(C)(C)/C=C/c1ccc(CC(C)(C)C)cc1.CC(C)(C)Cc1ccc(C(C)(C)C)cc1. The van der Waals surface area contributed by atoms with Crippen LogP contribution in [0, 0.1) is 16.2 Å². The number of allylic oxidation sites excluding steroid dienone is 1. The van der Waals surface area contributed by atoms with Crippen molar-refractivity contribution < 1.29 is 0 Å². The van der Waals surface area contributed by atoms with Gasteiger partial charge in [-0.2, -0.15) is 0 Å². The minimum Gasteiger partial charge on any atom is -0.0785 e. The third-order valence-electron chi connectivity index (χ3n) is 5.04. The zero-order chi connectivity index (χ0) is 24.8. The lowest BCUT2D eigenvalue weighted by Crippen LogP contribution is -2.12. The molecule has 2 aromatic carbocycles. The quantitative estimate of drug-likeness (QED) is 0.451. The minimum absolute atomic E-state index is 0.254. The molecule has 0 spiro atoms. The topological polar surface area (TPSA) is 0 Å². The summed E-state index contributed by atoms with van der Waals surface area (Å²) in [5.41, 5.74) is 6.83. The molecule has 0 amide bonds. The molecule has 0 heteroatoms. The summed E-state index contributed by atoms with van der Waals surface area (Å²) < 4.78 is 0. The van der Waals surface area contributed by atoms with Gasteiger partial charge in [0.1, 0.15) is 0 Å². The molecule has 0 radical (unpaired) electrons. The number of hydrogen-bond donors (Lipinski definition) is 0. The van der Waals surface area contributed by atoms with E-state index in [-0.39, 0.29) is 10.8 Å². The first kappa shape index (κ1) is 28.2. The molecule has 0 heterocycles. The summed E-state index contributed by atoms with van der Waals surface area (Å²) in [7, 11) is 0. The molecule has 0 aliphatic heterocycles. The first-order chi connectivity index (χ1) is 14.3. The van der Waals surface area contributed by atoms with E-state index in [2.05, 4.69) is 144 Å². The van der Waals surface area contributed by atoms with Crippen LogP contribution in [0.3, 0.4) is 0 Å². The third kappa shape index (κ3) is 12.9. The summed E-state index contributed by atoms with van der Waals surface area (Å²) in [5.74, 6) is 0. The summed E-state index contributed by atoms with van der Waals surface area (Å²) in [5, 5.41) is 0. The van der Waals surface area contributed by atoms with Crippen LogP contribution in [0.25, 0.3) is 6.08 Å². The lowest BCUT2D eigenvalue weighted by atomic mass is 9.84. The maximum absolute atomic E-state index is 2.28. The molecule has 0 saturated carbocycles. The fourth-order valence-electron chi connectivity index (χ4n) is 3.44. The summed E-state index contributed by atoms with van der Waals surface area (Å²) >= 11 is 0. The van der Waals surface area contributed by atoms with E-state index in [9.17, 15) is 0 Å². The van der Waals surface area contributed by atoms with Crippen LogP contribution in [0.15, 0.2) is 54.6 Å². The molecule has 0 aromatic heterocycles. The molecule has 0 N–H and O–H groups in total. The van der Waals surface area contributed by atoms with Gasteiger partial charge in [-0.05, 0) is 56.8 Å². The van der Waals surface area contributed by atoms with E-state index in [1.165, 1.54) is 22.3 Å². The summed E-state index contributed by atoms with van der Waals surface area (Å²) in [4.78, 5) is 0. The van der Waals surface area contributed by atoms with Gasteiger partial charge < -0.3 is 0 Å². The Labute approximate surface area is 200 Å². The van der Waals surface area contributed by atoms with Crippen molar-refractivity contribution in [2.45, 2.75) is 101 Å². The zero-order valence-electron chi connectivity index (χ0n) is 23.2. The highest BCUT2D eigenvalue weighted by molar-refractivity contribution is 5.50. The van der Waals surface area contributed by atoms with E-state index in [1.807, 2.05) is 0 Å². The Morgan fingerprint density at radius 1 is 0.531 bits per heavy atom. The fraction of sp³-hybridized carbons (Fsp3) is 0.562. The predicted molar refractivity (Wildman–Crippen MR) is 146 cm³/mol. The van der Waals surface area contributed by atoms with Crippen LogP contribution in [0.4, 0.5) is 0 Å². The van der Waals surface area contributed by atoms with Gasteiger partial charge in [-0.3, -0.25) is 0 Å². The van der Waals surface area contributed by atoms with Crippen molar-refractivity contribution >= 4 is 6.08 Å². The number of benzene rings is 2. The lowest BCUT2D eigenvalue weighted by molar-refractivity contribution is 0.411. The molecule has 0 aliphatic carbocycles. The van der Waals surface area contributed by atoms with Gasteiger partial charge in [-0.1, -0.05) is 144 Å². The summed E-state index contributed by atoms with van der Waals surface area (Å²) in [6.07, 6.45) is 6.75. The van der Waals surface area contributed by atoms with E-state index in [4.69, 9.17) is 0 Å². The van der Waals surface area contributed by atoms with Crippen molar-refractivity contribution in [3.8, 4) is 0 Å². The molecule has 2 rings (SSSR count). The maximum Gasteiger partial charge on any atom is -0.0132 e. The van der Waals surface area contributed by atoms with Crippen LogP contribution in [-0.4, -0.2) is 0 Å². The molecule has 0 aliphatic rings. The van der Waals surface area contributed by atoms with Gasteiger partial charge in [0.15, 0.2) is 0 Å². The smallest absolute Gasteiger partial charge is 0.0132 e. The highest BCUT2D eigenvalue weighted by atomic mass is 14.2. The van der Waals surface area contributed by atoms with Crippen molar-refractivity contribution in [3.05, 3.63) is 76.9 Å². The molecule has 0 saturated heterocycles. The molecule has 2 aromatic rings. The Balaban J connectivity index is 0.000000323. The monoisotopic (exact) mass is 434 g/mol. The Bertz CT molecular complexity index is 818. The molecule has 0 nitrogen and oxygen atoms in total. The second-order valence-corrected chi connectivity index (χ2v) is 13.9. The van der Waals surface area contributed by atoms with Gasteiger partial charge in [0.2, 0.25) is 0 Å². The second-order valence-electron chi connectivity index (χ2n) is 13.9. The molecule has 0 unspecified atom stereocenters. The highest BCUT2D eigenvalue weighted by Crippen LogP contribution is 2.25. The van der Waals surface area contributed by atoms with E-state index in [0.717, 1.165) is 12.8 Å². The first-order valence-corrected chi connectivity index (χ1v) is 12.2. The molecule has 0 bridgehead atoms. The molecule has 178 valence electrons. The van der Waals surface area contributed by atoms with Crippen LogP contribution >= 0.6 is 0 Å². The summed E-state index contributed by atoms with van der Waals surface area (Å²) in [6, 6.07) is 18.0. The Kier molecular flexibility index (Phi) is 9.58. The predicted octanol–water partition coefficient (Wildman–Crippen LogP) is 9.91. The first-order valence-electron chi connectivity index (χ1n) is 12.2.